The molecular weight excluding hydrogens is 821 g/mol. The second-order valence-electron chi connectivity index (χ2n) is 16.7. The number of hydrogen-bond acceptors (Lipinski definition) is 12. The first-order valence-corrected chi connectivity index (χ1v) is 21.7. The van der Waals surface area contributed by atoms with Gasteiger partial charge in [-0.05, 0) is 96.7 Å². The molecule has 0 aromatic heterocycles. The zero-order chi connectivity index (χ0) is 44.4. The van der Waals surface area contributed by atoms with Crippen molar-refractivity contribution in [3.63, 3.8) is 0 Å². The third-order valence-corrected chi connectivity index (χ3v) is 13.9. The van der Waals surface area contributed by atoms with Crippen LogP contribution in [-0.4, -0.2) is 119 Å². The summed E-state index contributed by atoms with van der Waals surface area (Å²) in [4.78, 5) is 13.6. The second-order valence-corrected chi connectivity index (χ2v) is 19.1. The van der Waals surface area contributed by atoms with Crippen LogP contribution in [0.25, 0.3) is 0 Å². The second kappa shape index (κ2) is 19.2. The van der Waals surface area contributed by atoms with Crippen molar-refractivity contribution < 1.29 is 65.8 Å². The van der Waals surface area contributed by atoms with Crippen LogP contribution in [0.15, 0.2) is 53.4 Å². The standard InChI is InChI=1S/C41H60ClF3N2O11S/c1-10-32-40(8,52)35(49)26(6)46-21-22(2)20-39(7,51)36(24(4)33(48)25(5)37(50)57-32)58-38-34(56-27-16-17-29(30(42)19-27)41(43,44)45)31(18-23(3)55-38)47(9)59(53,54)28-14-12-11-13-15-28/h11-17,19,22-26,31-36,38,46,48-49,51-52H,10,18,20-21H2,1-9H3/t22-,23-,24+,25-,26-,31+,32-,33+,34-,35-,36-,38+,39-,40-/m1/s1. The number of carbonyl (C=O) groups is 1. The summed E-state index contributed by atoms with van der Waals surface area (Å²) in [6.07, 6.45) is -13.7. The van der Waals surface area contributed by atoms with E-state index in [2.05, 4.69) is 5.32 Å². The molecule has 0 bridgehead atoms. The van der Waals surface area contributed by atoms with Gasteiger partial charge in [-0.2, -0.15) is 17.5 Å². The third-order valence-electron chi connectivity index (χ3n) is 11.7. The van der Waals surface area contributed by atoms with Crippen molar-refractivity contribution in [1.82, 2.24) is 9.62 Å². The number of sulfonamides is 1. The Morgan fingerprint density at radius 3 is 2.24 bits per heavy atom. The van der Waals surface area contributed by atoms with Crippen molar-refractivity contribution in [3.05, 3.63) is 59.1 Å². The van der Waals surface area contributed by atoms with Gasteiger partial charge in [-0.1, -0.05) is 50.6 Å². The van der Waals surface area contributed by atoms with E-state index in [1.54, 1.807) is 45.9 Å². The number of nitrogens with zero attached hydrogens (tertiary/aromatic N) is 1. The van der Waals surface area contributed by atoms with Gasteiger partial charge in [0.05, 0.1) is 51.4 Å². The van der Waals surface area contributed by atoms with Gasteiger partial charge in [-0.3, -0.25) is 4.79 Å². The summed E-state index contributed by atoms with van der Waals surface area (Å²) in [5, 5.41) is 49.3. The summed E-state index contributed by atoms with van der Waals surface area (Å²) >= 11 is 6.08. The number of ether oxygens (including phenoxy) is 4. The van der Waals surface area contributed by atoms with Gasteiger partial charge in [-0.15, -0.1) is 0 Å². The van der Waals surface area contributed by atoms with Crippen molar-refractivity contribution in [2.75, 3.05) is 13.6 Å². The molecule has 334 valence electrons. The molecule has 14 atom stereocenters. The number of carbonyl (C=O) groups excluding carboxylic acids is 1. The summed E-state index contributed by atoms with van der Waals surface area (Å²) < 4.78 is 95.3. The van der Waals surface area contributed by atoms with Crippen LogP contribution in [-0.2, 0) is 35.2 Å². The number of hydrogen-bond donors (Lipinski definition) is 5. The molecule has 13 nitrogen and oxygen atoms in total. The Hall–Kier alpha value is -2.58. The Labute approximate surface area is 350 Å². The molecule has 0 aliphatic carbocycles. The predicted octanol–water partition coefficient (Wildman–Crippen LogP) is 5.15. The van der Waals surface area contributed by atoms with Gasteiger partial charge in [-0.25, -0.2) is 8.42 Å². The van der Waals surface area contributed by atoms with Crippen LogP contribution in [0.4, 0.5) is 13.2 Å². The molecule has 2 aliphatic rings. The van der Waals surface area contributed by atoms with Gasteiger partial charge >= 0.3 is 12.1 Å². The fourth-order valence-corrected chi connectivity index (χ4v) is 9.89. The first kappa shape index (κ1) is 49.1. The fourth-order valence-electron chi connectivity index (χ4n) is 8.22. The van der Waals surface area contributed by atoms with E-state index in [4.69, 9.17) is 30.5 Å². The SMILES string of the molecule is CC[C@H]1OC(=O)[C@H](C)[C@@H](O)[C@H](C)[C@@H](O[C@@H]2O[C@H](C)C[C@H](N(C)S(=O)(=O)c3ccccc3)[C@H]2Oc2ccc(C(F)(F)F)c(Cl)c2)[C@](C)(O)C[C@@H](C)CN[C@H](C)[C@@H](O)[C@]1(C)O. The Kier molecular flexibility index (Phi) is 16.0. The molecule has 4 rings (SSSR count). The summed E-state index contributed by atoms with van der Waals surface area (Å²) in [6.45, 7) is 12.9. The number of esters is 1. The number of likely N-dealkylation sites (N-methyl/N-ethyl adjacent to an activating group) is 1. The van der Waals surface area contributed by atoms with E-state index >= 15 is 0 Å². The number of rotatable bonds is 8. The van der Waals surface area contributed by atoms with E-state index in [1.165, 1.54) is 40.0 Å². The van der Waals surface area contributed by atoms with Crippen LogP contribution in [0.1, 0.15) is 80.2 Å². The molecule has 59 heavy (non-hydrogen) atoms. The first-order chi connectivity index (χ1) is 27.2. The van der Waals surface area contributed by atoms with Crippen molar-refractivity contribution >= 4 is 27.6 Å². The molecule has 0 saturated carbocycles. The Morgan fingerprint density at radius 2 is 1.66 bits per heavy atom. The average molecular weight is 881 g/mol. The van der Waals surface area contributed by atoms with Gasteiger partial charge in [0.2, 0.25) is 10.0 Å². The van der Waals surface area contributed by atoms with Crippen molar-refractivity contribution in [1.29, 1.82) is 0 Å². The normalized spacial score (nSPS) is 37.3. The molecule has 0 radical (unpaired) electrons. The van der Waals surface area contributed by atoms with Crippen LogP contribution in [0, 0.1) is 17.8 Å². The molecule has 5 N–H and O–H groups in total. The molecule has 2 fully saturated rings. The number of aliphatic hydroxyl groups excluding tert-OH is 2. The maximum atomic E-state index is 14.1. The number of halogens is 4. The van der Waals surface area contributed by atoms with Crippen LogP contribution in [0.3, 0.4) is 0 Å². The summed E-state index contributed by atoms with van der Waals surface area (Å²) in [6, 6.07) is 8.56. The van der Waals surface area contributed by atoms with Gasteiger partial charge in [0, 0.05) is 19.0 Å². The van der Waals surface area contributed by atoms with Crippen LogP contribution >= 0.6 is 11.6 Å². The molecule has 2 saturated heterocycles. The smallest absolute Gasteiger partial charge is 0.417 e. The zero-order valence-corrected chi connectivity index (χ0v) is 36.5. The average Bonchev–Trinajstić information content (AvgIpc) is 3.16. The van der Waals surface area contributed by atoms with Gasteiger partial charge in [0.15, 0.2) is 12.4 Å². The summed E-state index contributed by atoms with van der Waals surface area (Å²) in [7, 11) is -2.88. The van der Waals surface area contributed by atoms with E-state index in [9.17, 15) is 46.8 Å². The maximum Gasteiger partial charge on any atom is 0.417 e. The Balaban J connectivity index is 1.82. The third kappa shape index (κ3) is 11.3. The fraction of sp³-hybridized carbons (Fsp3) is 0.683. The minimum absolute atomic E-state index is 0.0192. The van der Waals surface area contributed by atoms with Gasteiger partial charge in [0.25, 0.3) is 0 Å². The highest BCUT2D eigenvalue weighted by atomic mass is 35.5. The van der Waals surface area contributed by atoms with Gasteiger partial charge in [0.1, 0.15) is 23.6 Å². The van der Waals surface area contributed by atoms with E-state index in [1.807, 2.05) is 6.92 Å². The van der Waals surface area contributed by atoms with Crippen LogP contribution in [0.5, 0.6) is 5.75 Å². The number of aliphatic hydroxyl groups is 4. The predicted molar refractivity (Wildman–Crippen MR) is 213 cm³/mol. The quantitative estimate of drug-likeness (QED) is 0.220. The summed E-state index contributed by atoms with van der Waals surface area (Å²) in [5.41, 5.74) is -4.81. The molecule has 0 spiro atoms. The monoisotopic (exact) mass is 880 g/mol. The van der Waals surface area contributed by atoms with Crippen molar-refractivity contribution in [2.45, 2.75) is 152 Å². The molecule has 2 aliphatic heterocycles. The zero-order valence-electron chi connectivity index (χ0n) is 34.9. The van der Waals surface area contributed by atoms with Crippen LogP contribution in [0.2, 0.25) is 5.02 Å². The number of cyclic esters (lactones) is 1. The highest BCUT2D eigenvalue weighted by molar-refractivity contribution is 7.89. The highest BCUT2D eigenvalue weighted by Gasteiger charge is 2.51. The Morgan fingerprint density at radius 1 is 1.03 bits per heavy atom. The molecular formula is C41H60ClF3N2O11S. The molecule has 2 aromatic carbocycles. The van der Waals surface area contributed by atoms with Crippen molar-refractivity contribution in [3.8, 4) is 5.75 Å². The van der Waals surface area contributed by atoms with E-state index in [0.717, 1.165) is 22.5 Å². The van der Waals surface area contributed by atoms with Crippen LogP contribution < -0.4 is 10.1 Å². The highest BCUT2D eigenvalue weighted by Crippen LogP contribution is 2.40. The topological polar surface area (TPSA) is 184 Å². The largest absolute Gasteiger partial charge is 0.483 e. The molecule has 2 aromatic rings. The number of nitrogens with one attached hydrogen (secondary N) is 1. The van der Waals surface area contributed by atoms with Gasteiger partial charge < -0.3 is 44.7 Å². The van der Waals surface area contributed by atoms with E-state index in [-0.39, 0.29) is 42.4 Å². The number of alkyl halides is 3. The van der Waals surface area contributed by atoms with E-state index in [0.29, 0.717) is 0 Å². The lowest BCUT2D eigenvalue weighted by molar-refractivity contribution is -0.293. The first-order valence-electron chi connectivity index (χ1n) is 19.9. The lowest BCUT2D eigenvalue weighted by atomic mass is 9.78. The molecule has 0 unspecified atom stereocenters. The minimum atomic E-state index is -4.77. The summed E-state index contributed by atoms with van der Waals surface area (Å²) in [5.74, 6) is -3.71. The molecule has 0 amide bonds. The number of benzene rings is 2. The Bertz CT molecular complexity index is 1820. The van der Waals surface area contributed by atoms with E-state index < -0.39 is 111 Å². The lowest BCUT2D eigenvalue weighted by Crippen LogP contribution is -2.61. The molecule has 2 heterocycles. The molecule has 18 heteroatoms. The maximum absolute atomic E-state index is 14.1. The lowest BCUT2D eigenvalue weighted by Gasteiger charge is -2.47. The minimum Gasteiger partial charge on any atom is -0.483 e. The van der Waals surface area contributed by atoms with Crippen molar-refractivity contribution in [2.24, 2.45) is 17.8 Å².